The summed E-state index contributed by atoms with van der Waals surface area (Å²) in [4.78, 5) is 11.0. The molecule has 1 aromatic heterocycles. The molecule has 0 aliphatic heterocycles. The summed E-state index contributed by atoms with van der Waals surface area (Å²) < 4.78 is 0.634. The van der Waals surface area contributed by atoms with Crippen molar-refractivity contribution in [1.29, 1.82) is 0 Å². The van der Waals surface area contributed by atoms with Crippen molar-refractivity contribution >= 4 is 4.69 Å². The van der Waals surface area contributed by atoms with E-state index in [4.69, 9.17) is 0 Å². The first-order chi connectivity index (χ1) is 3.39. The Kier molecular flexibility index (Phi) is 1.35. The third-order valence-corrected chi connectivity index (χ3v) is 0.799. The van der Waals surface area contributed by atoms with E-state index in [0.717, 1.165) is 0 Å². The first-order valence-corrected chi connectivity index (χ1v) is 2.32. The van der Waals surface area contributed by atoms with Crippen LogP contribution in [0.3, 0.4) is 0 Å². The Bertz CT molecular complexity index is 140. The molecule has 3 nitrogen and oxygen atoms in total. The van der Waals surface area contributed by atoms with Gasteiger partial charge < -0.3 is 0 Å². The molecule has 0 unspecified atom stereocenters. The first-order valence-electron chi connectivity index (χ1n) is 1.68. The van der Waals surface area contributed by atoms with Gasteiger partial charge in [-0.15, -0.1) is 0 Å². The average Bonchev–Trinajstić information content (AvgIpc) is 1.69. The van der Waals surface area contributed by atoms with Gasteiger partial charge in [-0.3, -0.25) is 0 Å². The molecule has 1 heterocycles. The van der Waals surface area contributed by atoms with Crippen molar-refractivity contribution in [1.82, 2.24) is 15.0 Å². The van der Waals surface area contributed by atoms with Gasteiger partial charge in [-0.05, 0) is 0 Å². The van der Waals surface area contributed by atoms with Gasteiger partial charge in [0.15, 0.2) is 0 Å². The molecule has 35 valence electrons. The van der Waals surface area contributed by atoms with Gasteiger partial charge in [-0.25, -0.2) is 0 Å². The predicted molar refractivity (Wildman–Crippen MR) is 19.5 cm³/mol. The summed E-state index contributed by atoms with van der Waals surface area (Å²) in [7, 11) is 0. The van der Waals surface area contributed by atoms with E-state index < -0.39 is 0 Å². The number of nitrogens with zero attached hydrogens (tertiary/aromatic N) is 3. The second-order valence-corrected chi connectivity index (χ2v) is 1.49. The van der Waals surface area contributed by atoms with Crippen molar-refractivity contribution < 1.29 is 16.3 Å². The maximum atomic E-state index is 3.70. The van der Waals surface area contributed by atoms with E-state index in [-0.39, 0.29) is 0 Å². The summed E-state index contributed by atoms with van der Waals surface area (Å²) >= 11 is 2.64. The van der Waals surface area contributed by atoms with Crippen LogP contribution in [-0.2, 0) is 16.3 Å². The van der Waals surface area contributed by atoms with Crippen LogP contribution in [-0.4, -0.2) is 15.0 Å². The monoisotopic (exact) mass is 132 g/mol. The van der Waals surface area contributed by atoms with Crippen molar-refractivity contribution in [2.24, 2.45) is 0 Å². The van der Waals surface area contributed by atoms with Crippen LogP contribution >= 0.6 is 0 Å². The Morgan fingerprint density at radius 3 is 2.14 bits per heavy atom. The van der Waals surface area contributed by atoms with Gasteiger partial charge in [0.2, 0.25) is 0 Å². The van der Waals surface area contributed by atoms with Crippen LogP contribution in [0.1, 0.15) is 0 Å². The van der Waals surface area contributed by atoms with Crippen molar-refractivity contribution in [2.45, 2.75) is 0 Å². The quantitative estimate of drug-likeness (QED) is 0.456. The van der Waals surface area contributed by atoms with Crippen LogP contribution < -0.4 is 4.69 Å². The van der Waals surface area contributed by atoms with Gasteiger partial charge in [0.05, 0.1) is 0 Å². The SMILES string of the molecule is [Cr][c]1ncncn1. The van der Waals surface area contributed by atoms with Crippen molar-refractivity contribution in [3.63, 3.8) is 0 Å². The summed E-state index contributed by atoms with van der Waals surface area (Å²) in [5.74, 6) is 0. The zero-order valence-electron chi connectivity index (χ0n) is 3.40. The van der Waals surface area contributed by atoms with Crippen LogP contribution in [0.5, 0.6) is 0 Å². The third-order valence-electron chi connectivity index (χ3n) is 0.470. The van der Waals surface area contributed by atoms with E-state index in [0.29, 0.717) is 4.69 Å². The van der Waals surface area contributed by atoms with Crippen LogP contribution in [0.4, 0.5) is 0 Å². The van der Waals surface area contributed by atoms with Crippen molar-refractivity contribution in [2.75, 3.05) is 0 Å². The molecule has 0 atom stereocenters. The van der Waals surface area contributed by atoms with Crippen molar-refractivity contribution in [3.8, 4) is 0 Å². The molecule has 0 saturated heterocycles. The molecule has 0 N–H and O–H groups in total. The van der Waals surface area contributed by atoms with Crippen molar-refractivity contribution in [3.05, 3.63) is 12.7 Å². The fraction of sp³-hybridized carbons (Fsp3) is 0. The molecule has 0 aliphatic rings. The van der Waals surface area contributed by atoms with E-state index in [9.17, 15) is 0 Å². The minimum absolute atomic E-state index is 0.634. The Morgan fingerprint density at radius 1 is 1.29 bits per heavy atom. The summed E-state index contributed by atoms with van der Waals surface area (Å²) in [6.45, 7) is 0. The summed E-state index contributed by atoms with van der Waals surface area (Å²) in [5.41, 5.74) is 0. The molecule has 0 amide bonds. The topological polar surface area (TPSA) is 38.7 Å². The van der Waals surface area contributed by atoms with E-state index in [1.165, 1.54) is 12.7 Å². The Labute approximate surface area is 49.3 Å². The first kappa shape index (κ1) is 4.70. The maximum absolute atomic E-state index is 3.70. The molecule has 1 rings (SSSR count). The second kappa shape index (κ2) is 2.01. The Balaban J connectivity index is 3.02. The van der Waals surface area contributed by atoms with E-state index in [1.54, 1.807) is 0 Å². The molecule has 7 heavy (non-hydrogen) atoms. The average molecular weight is 132 g/mol. The summed E-state index contributed by atoms with van der Waals surface area (Å²) in [6, 6.07) is 0. The standard InChI is InChI=1S/C3H2N3.Cr/c1-4-2-6-3-5-1;/h1-2H;. The molecule has 0 saturated carbocycles. The molecule has 0 aliphatic carbocycles. The van der Waals surface area contributed by atoms with Gasteiger partial charge in [-0.1, -0.05) is 0 Å². The zero-order chi connectivity index (χ0) is 5.11. The number of aromatic nitrogens is 3. The number of hydrogen-bond acceptors (Lipinski definition) is 3. The molecule has 0 radical (unpaired) electrons. The number of rotatable bonds is 0. The van der Waals surface area contributed by atoms with Gasteiger partial charge in [0.1, 0.15) is 0 Å². The Hall–Kier alpha value is -0.458. The fourth-order valence-corrected chi connectivity index (χ4v) is 0.376. The molecule has 0 spiro atoms. The van der Waals surface area contributed by atoms with Gasteiger partial charge in [0, 0.05) is 0 Å². The molecular formula is C3H2CrN3. The molecular weight excluding hydrogens is 130 g/mol. The normalized spacial score (nSPS) is 8.57. The van der Waals surface area contributed by atoms with Gasteiger partial charge in [0.25, 0.3) is 0 Å². The second-order valence-electron chi connectivity index (χ2n) is 0.921. The van der Waals surface area contributed by atoms with E-state index in [1.807, 2.05) is 0 Å². The molecule has 4 heteroatoms. The van der Waals surface area contributed by atoms with Crippen LogP contribution in [0.25, 0.3) is 0 Å². The van der Waals surface area contributed by atoms with Gasteiger partial charge in [-0.2, -0.15) is 0 Å². The summed E-state index contributed by atoms with van der Waals surface area (Å²) in [5, 5.41) is 0. The van der Waals surface area contributed by atoms with Crippen LogP contribution in [0, 0.1) is 0 Å². The van der Waals surface area contributed by atoms with E-state index in [2.05, 4.69) is 31.2 Å². The third kappa shape index (κ3) is 1.22. The van der Waals surface area contributed by atoms with Crippen LogP contribution in [0.15, 0.2) is 12.7 Å². The van der Waals surface area contributed by atoms with Crippen LogP contribution in [0.2, 0.25) is 0 Å². The molecule has 0 bridgehead atoms. The number of hydrogen-bond donors (Lipinski definition) is 0. The Morgan fingerprint density at radius 2 is 1.86 bits per heavy atom. The van der Waals surface area contributed by atoms with Gasteiger partial charge >= 0.3 is 48.6 Å². The molecule has 0 aromatic carbocycles. The predicted octanol–water partition coefficient (Wildman–Crippen LogP) is -0.956. The molecule has 1 aromatic rings. The minimum atomic E-state index is 0.634. The fourth-order valence-electron chi connectivity index (χ4n) is 0.229. The van der Waals surface area contributed by atoms with E-state index >= 15 is 0 Å². The zero-order valence-corrected chi connectivity index (χ0v) is 4.68. The molecule has 0 fully saturated rings. The summed E-state index contributed by atoms with van der Waals surface area (Å²) in [6.07, 6.45) is 2.89.